The number of alkyl halides is 1. The minimum Gasteiger partial charge on any atom is -0.490 e. The molecule has 0 bridgehead atoms. The number of aromatic nitrogens is 1. The van der Waals surface area contributed by atoms with Crippen LogP contribution in [0.5, 0.6) is 5.75 Å². The second kappa shape index (κ2) is 9.20. The van der Waals surface area contributed by atoms with Gasteiger partial charge in [-0.3, -0.25) is 0 Å². The molecule has 0 amide bonds. The van der Waals surface area contributed by atoms with Crippen molar-refractivity contribution in [1.82, 2.24) is 4.98 Å². The first-order valence-electron chi connectivity index (χ1n) is 6.72. The monoisotopic (exact) mass is 314 g/mol. The van der Waals surface area contributed by atoms with E-state index in [1.54, 1.807) is 0 Å². The van der Waals surface area contributed by atoms with Crippen LogP contribution in [0.25, 0.3) is 0 Å². The summed E-state index contributed by atoms with van der Waals surface area (Å²) in [5.41, 5.74) is 0. The number of unbranched alkanes of at least 4 members (excludes halogenated alkanes) is 1. The number of anilines is 1. The third-order valence-corrected chi connectivity index (χ3v) is 3.00. The van der Waals surface area contributed by atoms with Crippen LogP contribution in [-0.2, 0) is 0 Å². The molecule has 0 aliphatic rings. The molecule has 0 unspecified atom stereocenters. The Hall–Kier alpha value is -0.770. The van der Waals surface area contributed by atoms with Crippen LogP contribution in [-0.4, -0.2) is 30.0 Å². The molecule has 0 aliphatic carbocycles. The molecule has 1 aromatic heterocycles. The Balaban J connectivity index is 2.80. The molecule has 3 nitrogen and oxygen atoms in total. The lowest BCUT2D eigenvalue weighted by Crippen LogP contribution is -2.28. The van der Waals surface area contributed by atoms with Crippen LogP contribution < -0.4 is 9.64 Å². The van der Waals surface area contributed by atoms with Crippen LogP contribution >= 0.6 is 15.9 Å². The van der Waals surface area contributed by atoms with Crippen molar-refractivity contribution in [2.45, 2.75) is 33.1 Å². The predicted octanol–water partition coefficient (Wildman–Crippen LogP) is 3.87. The molecule has 0 radical (unpaired) electrons. The summed E-state index contributed by atoms with van der Waals surface area (Å²) in [4.78, 5) is 6.78. The highest BCUT2D eigenvalue weighted by Gasteiger charge is 2.12. The summed E-state index contributed by atoms with van der Waals surface area (Å²) < 4.78 is 5.77. The van der Waals surface area contributed by atoms with Crippen LogP contribution in [0.3, 0.4) is 0 Å². The summed E-state index contributed by atoms with van der Waals surface area (Å²) >= 11 is 3.51. The highest BCUT2D eigenvalue weighted by molar-refractivity contribution is 9.09. The van der Waals surface area contributed by atoms with Crippen LogP contribution in [0, 0.1) is 0 Å². The van der Waals surface area contributed by atoms with Crippen LogP contribution in [0.4, 0.5) is 5.82 Å². The van der Waals surface area contributed by atoms with E-state index >= 15 is 0 Å². The fourth-order valence-electron chi connectivity index (χ4n) is 1.72. The van der Waals surface area contributed by atoms with Crippen molar-refractivity contribution >= 4 is 21.7 Å². The lowest BCUT2D eigenvalue weighted by atomic mass is 10.3. The molecule has 0 atom stereocenters. The van der Waals surface area contributed by atoms with Crippen molar-refractivity contribution in [3.8, 4) is 5.75 Å². The third kappa shape index (κ3) is 4.84. The Labute approximate surface area is 119 Å². The van der Waals surface area contributed by atoms with Crippen LogP contribution in [0.1, 0.15) is 33.1 Å². The standard InChI is InChI=1S/C14H23BrN2O/c1-3-5-10-17(11-8-15)14-13(18-12-4-2)7-6-9-16-14/h6-7,9H,3-5,8,10-12H2,1-2H3. The molecule has 1 heterocycles. The number of pyridine rings is 1. The molecule has 0 saturated carbocycles. The molecule has 0 aliphatic heterocycles. The van der Waals surface area contributed by atoms with Crippen molar-refractivity contribution in [1.29, 1.82) is 0 Å². The second-order valence-corrected chi connectivity index (χ2v) is 5.00. The Morgan fingerprint density at radius 3 is 2.78 bits per heavy atom. The van der Waals surface area contributed by atoms with Crippen LogP contribution in [0.15, 0.2) is 18.3 Å². The van der Waals surface area contributed by atoms with Gasteiger partial charge < -0.3 is 9.64 Å². The normalized spacial score (nSPS) is 10.4. The Kier molecular flexibility index (Phi) is 7.81. The highest BCUT2D eigenvalue weighted by Crippen LogP contribution is 2.25. The zero-order chi connectivity index (χ0) is 13.2. The topological polar surface area (TPSA) is 25.4 Å². The number of halogens is 1. The molecule has 4 heteroatoms. The van der Waals surface area contributed by atoms with Gasteiger partial charge >= 0.3 is 0 Å². The minimum absolute atomic E-state index is 0.745. The summed E-state index contributed by atoms with van der Waals surface area (Å²) in [6.45, 7) is 7.05. The number of rotatable bonds is 9. The second-order valence-electron chi connectivity index (χ2n) is 4.20. The van der Waals surface area contributed by atoms with E-state index < -0.39 is 0 Å². The molecule has 0 saturated heterocycles. The van der Waals surface area contributed by atoms with Crippen molar-refractivity contribution in [3.05, 3.63) is 18.3 Å². The van der Waals surface area contributed by atoms with Gasteiger partial charge in [-0.15, -0.1) is 0 Å². The smallest absolute Gasteiger partial charge is 0.171 e. The van der Waals surface area contributed by atoms with Gasteiger partial charge in [0.1, 0.15) is 0 Å². The Morgan fingerprint density at radius 1 is 1.28 bits per heavy atom. The average Bonchev–Trinajstić information content (AvgIpc) is 2.41. The largest absolute Gasteiger partial charge is 0.490 e. The van der Waals surface area contributed by atoms with E-state index in [0.717, 1.165) is 43.0 Å². The van der Waals surface area contributed by atoms with Gasteiger partial charge in [-0.05, 0) is 25.0 Å². The molecule has 102 valence electrons. The lowest BCUT2D eigenvalue weighted by molar-refractivity contribution is 0.316. The highest BCUT2D eigenvalue weighted by atomic mass is 79.9. The zero-order valence-electron chi connectivity index (χ0n) is 11.4. The van der Waals surface area contributed by atoms with E-state index in [1.165, 1.54) is 12.8 Å². The first kappa shape index (κ1) is 15.3. The van der Waals surface area contributed by atoms with Gasteiger partial charge in [-0.1, -0.05) is 36.2 Å². The Bertz CT molecular complexity index is 333. The molecule has 0 fully saturated rings. The van der Waals surface area contributed by atoms with Crippen molar-refractivity contribution in [2.24, 2.45) is 0 Å². The van der Waals surface area contributed by atoms with E-state index in [4.69, 9.17) is 4.74 Å². The summed E-state index contributed by atoms with van der Waals surface area (Å²) in [6.07, 6.45) is 5.22. The van der Waals surface area contributed by atoms with E-state index in [0.29, 0.717) is 0 Å². The Morgan fingerprint density at radius 2 is 2.11 bits per heavy atom. The zero-order valence-corrected chi connectivity index (χ0v) is 12.9. The molecular formula is C14H23BrN2O. The molecule has 1 aromatic rings. The third-order valence-electron chi connectivity index (χ3n) is 2.65. The van der Waals surface area contributed by atoms with Crippen molar-refractivity contribution in [3.63, 3.8) is 0 Å². The van der Waals surface area contributed by atoms with Gasteiger partial charge in [0.2, 0.25) is 0 Å². The molecular weight excluding hydrogens is 292 g/mol. The van der Waals surface area contributed by atoms with E-state index in [2.05, 4.69) is 39.7 Å². The fraction of sp³-hybridized carbons (Fsp3) is 0.643. The molecule has 18 heavy (non-hydrogen) atoms. The number of hydrogen-bond acceptors (Lipinski definition) is 3. The van der Waals surface area contributed by atoms with Gasteiger partial charge in [-0.25, -0.2) is 4.98 Å². The summed E-state index contributed by atoms with van der Waals surface area (Å²) in [7, 11) is 0. The summed E-state index contributed by atoms with van der Waals surface area (Å²) in [5.74, 6) is 1.87. The van der Waals surface area contributed by atoms with Gasteiger partial charge in [0, 0.05) is 24.6 Å². The summed E-state index contributed by atoms with van der Waals surface area (Å²) in [6, 6.07) is 3.94. The van der Waals surface area contributed by atoms with E-state index in [1.807, 2.05) is 18.3 Å². The minimum atomic E-state index is 0.745. The average molecular weight is 315 g/mol. The lowest BCUT2D eigenvalue weighted by Gasteiger charge is -2.24. The maximum atomic E-state index is 5.77. The molecule has 0 N–H and O–H groups in total. The number of ether oxygens (including phenoxy) is 1. The van der Waals surface area contributed by atoms with Crippen molar-refractivity contribution < 1.29 is 4.74 Å². The van der Waals surface area contributed by atoms with Gasteiger partial charge in [0.25, 0.3) is 0 Å². The quantitative estimate of drug-likeness (QED) is 0.647. The van der Waals surface area contributed by atoms with E-state index in [9.17, 15) is 0 Å². The first-order chi connectivity index (χ1) is 8.83. The maximum Gasteiger partial charge on any atom is 0.171 e. The number of hydrogen-bond donors (Lipinski definition) is 0. The summed E-state index contributed by atoms with van der Waals surface area (Å²) in [5, 5.41) is 0.945. The molecule has 0 spiro atoms. The van der Waals surface area contributed by atoms with E-state index in [-0.39, 0.29) is 0 Å². The van der Waals surface area contributed by atoms with Crippen LogP contribution in [0.2, 0.25) is 0 Å². The van der Waals surface area contributed by atoms with Crippen molar-refractivity contribution in [2.75, 3.05) is 29.9 Å². The predicted molar refractivity (Wildman–Crippen MR) is 80.9 cm³/mol. The maximum absolute atomic E-state index is 5.77. The molecule has 0 aromatic carbocycles. The first-order valence-corrected chi connectivity index (χ1v) is 7.84. The molecule has 1 rings (SSSR count). The van der Waals surface area contributed by atoms with Gasteiger partial charge in [0.05, 0.1) is 6.61 Å². The number of nitrogens with zero attached hydrogens (tertiary/aromatic N) is 2. The SMILES string of the molecule is CCCCN(CCBr)c1ncccc1OCCC. The van der Waals surface area contributed by atoms with Gasteiger partial charge in [0.15, 0.2) is 11.6 Å². The van der Waals surface area contributed by atoms with Gasteiger partial charge in [-0.2, -0.15) is 0 Å². The fourth-order valence-corrected chi connectivity index (χ4v) is 2.15.